The zero-order chi connectivity index (χ0) is 20.4. The third-order valence-electron chi connectivity index (χ3n) is 5.38. The molecular formula is C23H28NO3Si+. The SMILES string of the molecule is CC(C)(C)[Si](C)(C)Oc1cc[n+](C(=O)OCc2ccccc2)c2ccccc12. The summed E-state index contributed by atoms with van der Waals surface area (Å²) in [4.78, 5) is 12.7. The molecule has 0 aliphatic rings. The van der Waals surface area contributed by atoms with Crippen LogP contribution in [0.5, 0.6) is 5.75 Å². The maximum absolute atomic E-state index is 12.7. The molecule has 0 unspecified atom stereocenters. The van der Waals surface area contributed by atoms with Crippen molar-refractivity contribution >= 4 is 25.3 Å². The summed E-state index contributed by atoms with van der Waals surface area (Å²) in [7, 11) is -1.99. The van der Waals surface area contributed by atoms with Gasteiger partial charge in [0, 0.05) is 12.1 Å². The molecular weight excluding hydrogens is 366 g/mol. The van der Waals surface area contributed by atoms with Gasteiger partial charge in [-0.05, 0) is 29.8 Å². The van der Waals surface area contributed by atoms with Gasteiger partial charge in [-0.3, -0.25) is 0 Å². The average Bonchev–Trinajstić information content (AvgIpc) is 2.66. The highest BCUT2D eigenvalue weighted by atomic mass is 28.4. The number of hydrogen-bond donors (Lipinski definition) is 0. The van der Waals surface area contributed by atoms with E-state index in [1.807, 2.05) is 60.7 Å². The van der Waals surface area contributed by atoms with Gasteiger partial charge in [0.2, 0.25) is 5.52 Å². The highest BCUT2D eigenvalue weighted by Gasteiger charge is 2.39. The fourth-order valence-electron chi connectivity index (χ4n) is 2.67. The van der Waals surface area contributed by atoms with Crippen molar-refractivity contribution in [2.75, 3.05) is 0 Å². The number of carbonyl (C=O) groups excluding carboxylic acids is 1. The van der Waals surface area contributed by atoms with E-state index in [1.54, 1.807) is 6.20 Å². The van der Waals surface area contributed by atoms with Crippen LogP contribution in [0.1, 0.15) is 26.3 Å². The summed E-state index contributed by atoms with van der Waals surface area (Å²) in [6.07, 6.45) is 1.33. The van der Waals surface area contributed by atoms with Crippen molar-refractivity contribution < 1.29 is 18.5 Å². The van der Waals surface area contributed by atoms with E-state index < -0.39 is 14.4 Å². The van der Waals surface area contributed by atoms with E-state index in [4.69, 9.17) is 9.16 Å². The van der Waals surface area contributed by atoms with E-state index in [9.17, 15) is 4.79 Å². The van der Waals surface area contributed by atoms with Crippen LogP contribution in [-0.4, -0.2) is 14.4 Å². The molecule has 0 radical (unpaired) electrons. The maximum Gasteiger partial charge on any atom is 0.602 e. The average molecular weight is 395 g/mol. The Morgan fingerprint density at radius 1 is 0.964 bits per heavy atom. The smallest absolute Gasteiger partial charge is 0.543 e. The molecule has 4 nitrogen and oxygen atoms in total. The predicted octanol–water partition coefficient (Wildman–Crippen LogP) is 5.70. The molecule has 5 heteroatoms. The Hall–Kier alpha value is -2.66. The fraction of sp³-hybridized carbons (Fsp3) is 0.304. The first-order chi connectivity index (χ1) is 13.2. The minimum Gasteiger partial charge on any atom is -0.543 e. The van der Waals surface area contributed by atoms with Gasteiger partial charge in [0.15, 0.2) is 6.20 Å². The van der Waals surface area contributed by atoms with Crippen molar-refractivity contribution in [2.45, 2.75) is 45.5 Å². The number of aromatic nitrogens is 1. The van der Waals surface area contributed by atoms with E-state index in [0.717, 1.165) is 22.2 Å². The standard InChI is InChI=1S/C23H28NO3Si/c1-23(2,3)28(4,5)27-21-15-16-24(20-14-10-9-13-19(20)21)22(25)26-17-18-11-7-6-8-12-18/h6-16H,17H2,1-5H3/q+1. The number of carbonyl (C=O) groups is 1. The summed E-state index contributed by atoms with van der Waals surface area (Å²) in [6.45, 7) is 11.3. The topological polar surface area (TPSA) is 39.4 Å². The van der Waals surface area contributed by atoms with Crippen LogP contribution >= 0.6 is 0 Å². The molecule has 0 aliphatic heterocycles. The van der Waals surface area contributed by atoms with Gasteiger partial charge in [-0.15, -0.1) is 0 Å². The highest BCUT2D eigenvalue weighted by molar-refractivity contribution is 6.74. The molecule has 0 saturated heterocycles. The van der Waals surface area contributed by atoms with E-state index in [1.165, 1.54) is 4.57 Å². The third-order valence-corrected chi connectivity index (χ3v) is 9.72. The van der Waals surface area contributed by atoms with Crippen molar-refractivity contribution in [1.82, 2.24) is 0 Å². The monoisotopic (exact) mass is 394 g/mol. The van der Waals surface area contributed by atoms with Crippen LogP contribution in [0, 0.1) is 0 Å². The second-order valence-electron chi connectivity index (χ2n) is 8.47. The fourth-order valence-corrected chi connectivity index (χ4v) is 3.70. The number of fused-ring (bicyclic) bond motifs is 1. The lowest BCUT2D eigenvalue weighted by Gasteiger charge is -2.36. The molecule has 3 rings (SSSR count). The molecule has 0 fully saturated rings. The third kappa shape index (κ3) is 4.25. The molecule has 0 amide bonds. The number of ether oxygens (including phenoxy) is 1. The molecule has 1 aromatic heterocycles. The number of rotatable bonds is 4. The predicted molar refractivity (Wildman–Crippen MR) is 114 cm³/mol. The lowest BCUT2D eigenvalue weighted by atomic mass is 10.2. The van der Waals surface area contributed by atoms with Crippen LogP contribution < -0.4 is 8.99 Å². The number of pyridine rings is 1. The van der Waals surface area contributed by atoms with E-state index >= 15 is 0 Å². The first-order valence-corrected chi connectivity index (χ1v) is 12.4. The van der Waals surface area contributed by atoms with Crippen LogP contribution in [0.4, 0.5) is 4.79 Å². The molecule has 1 heterocycles. The normalized spacial score (nSPS) is 12.0. The minimum absolute atomic E-state index is 0.0918. The van der Waals surface area contributed by atoms with Crippen LogP contribution in [0.2, 0.25) is 18.1 Å². The molecule has 0 atom stereocenters. The van der Waals surface area contributed by atoms with Crippen molar-refractivity contribution in [3.05, 3.63) is 72.4 Å². The number of para-hydroxylation sites is 1. The number of hydrogen-bond acceptors (Lipinski definition) is 3. The van der Waals surface area contributed by atoms with Gasteiger partial charge >= 0.3 is 6.09 Å². The summed E-state index contributed by atoms with van der Waals surface area (Å²) in [5.74, 6) is 0.814. The molecule has 0 N–H and O–H groups in total. The maximum atomic E-state index is 12.7. The van der Waals surface area contributed by atoms with Crippen LogP contribution in [0.3, 0.4) is 0 Å². The summed E-state index contributed by atoms with van der Waals surface area (Å²) in [5, 5.41) is 1.00. The first-order valence-electron chi connectivity index (χ1n) is 9.52. The van der Waals surface area contributed by atoms with Crippen LogP contribution in [0.15, 0.2) is 66.9 Å². The van der Waals surface area contributed by atoms with Crippen molar-refractivity contribution in [1.29, 1.82) is 0 Å². The Bertz CT molecular complexity index is 978. The molecule has 0 aliphatic carbocycles. The Labute approximate surface area is 167 Å². The summed E-state index contributed by atoms with van der Waals surface area (Å²) in [6, 6.07) is 19.3. The zero-order valence-corrected chi connectivity index (χ0v) is 18.2. The molecule has 146 valence electrons. The second kappa shape index (κ2) is 7.76. The Balaban J connectivity index is 1.90. The Morgan fingerprint density at radius 3 is 2.29 bits per heavy atom. The molecule has 2 aromatic carbocycles. The molecule has 0 spiro atoms. The van der Waals surface area contributed by atoms with Crippen LogP contribution in [0.25, 0.3) is 10.9 Å². The van der Waals surface area contributed by atoms with E-state index in [0.29, 0.717) is 0 Å². The van der Waals surface area contributed by atoms with Gasteiger partial charge in [-0.1, -0.05) is 67.8 Å². The summed E-state index contributed by atoms with van der Waals surface area (Å²) < 4.78 is 13.6. The molecule has 28 heavy (non-hydrogen) atoms. The van der Waals surface area contributed by atoms with Crippen molar-refractivity contribution in [2.24, 2.45) is 0 Å². The van der Waals surface area contributed by atoms with Gasteiger partial charge in [-0.25, -0.2) is 0 Å². The number of nitrogens with zero attached hydrogens (tertiary/aromatic N) is 1. The van der Waals surface area contributed by atoms with E-state index in [2.05, 4.69) is 33.9 Å². The van der Waals surface area contributed by atoms with Crippen LogP contribution in [-0.2, 0) is 11.3 Å². The Morgan fingerprint density at radius 2 is 1.61 bits per heavy atom. The van der Waals surface area contributed by atoms with Crippen molar-refractivity contribution in [3.8, 4) is 5.75 Å². The van der Waals surface area contributed by atoms with Gasteiger partial charge in [0.1, 0.15) is 12.4 Å². The summed E-state index contributed by atoms with van der Waals surface area (Å²) in [5.41, 5.74) is 1.73. The zero-order valence-electron chi connectivity index (χ0n) is 17.2. The first kappa shape index (κ1) is 20.1. The Kier molecular flexibility index (Phi) is 5.56. The van der Waals surface area contributed by atoms with Gasteiger partial charge in [-0.2, -0.15) is 4.79 Å². The molecule has 0 saturated carbocycles. The largest absolute Gasteiger partial charge is 0.602 e. The molecule has 0 bridgehead atoms. The second-order valence-corrected chi connectivity index (χ2v) is 13.2. The van der Waals surface area contributed by atoms with Gasteiger partial charge < -0.3 is 9.16 Å². The minimum atomic E-state index is -1.99. The highest BCUT2D eigenvalue weighted by Crippen LogP contribution is 2.38. The van der Waals surface area contributed by atoms with Gasteiger partial charge in [0.05, 0.1) is 5.39 Å². The number of benzene rings is 2. The summed E-state index contributed by atoms with van der Waals surface area (Å²) >= 11 is 0. The lowest BCUT2D eigenvalue weighted by Crippen LogP contribution is -2.45. The van der Waals surface area contributed by atoms with Crippen molar-refractivity contribution in [3.63, 3.8) is 0 Å². The van der Waals surface area contributed by atoms with Gasteiger partial charge in [0.25, 0.3) is 8.32 Å². The molecule has 3 aromatic rings. The quantitative estimate of drug-likeness (QED) is 0.421. The lowest BCUT2D eigenvalue weighted by molar-refractivity contribution is -0.559. The van der Waals surface area contributed by atoms with E-state index in [-0.39, 0.29) is 11.6 Å².